The molecule has 0 saturated carbocycles. The van der Waals surface area contributed by atoms with Crippen LogP contribution in [0, 0.1) is 0 Å². The number of carbonyl (C=O) groups is 2. The average Bonchev–Trinajstić information content (AvgIpc) is 3.25. The predicted molar refractivity (Wildman–Crippen MR) is 150 cm³/mol. The number of nitrogens with zero attached hydrogens (tertiary/aromatic N) is 3. The number of hydrogen-bond donors (Lipinski definition) is 2. The second-order valence-electron chi connectivity index (χ2n) is 9.36. The van der Waals surface area contributed by atoms with Gasteiger partial charge in [-0.15, -0.1) is 0 Å². The Morgan fingerprint density at radius 1 is 0.895 bits per heavy atom. The molecule has 196 valence electrons. The summed E-state index contributed by atoms with van der Waals surface area (Å²) in [4.78, 5) is 36.8. The highest BCUT2D eigenvalue weighted by Gasteiger charge is 2.20. The largest absolute Gasteiger partial charge is 0.494 e. The van der Waals surface area contributed by atoms with Crippen LogP contribution in [0.3, 0.4) is 0 Å². The Hall–Kier alpha value is -4.43. The van der Waals surface area contributed by atoms with Gasteiger partial charge in [-0.25, -0.2) is 9.79 Å². The number of esters is 1. The minimum absolute atomic E-state index is 0.0718. The third-order valence-corrected chi connectivity index (χ3v) is 6.26. The number of fused-ring (bicyclic) bond motifs is 1. The number of aliphatic imine (C=N–C) groups is 1. The number of aromatic hydroxyl groups is 1. The van der Waals surface area contributed by atoms with Crippen LogP contribution < -0.4 is 0 Å². The van der Waals surface area contributed by atoms with Crippen molar-refractivity contribution in [3.63, 3.8) is 0 Å². The van der Waals surface area contributed by atoms with Gasteiger partial charge in [0.25, 0.3) is 5.91 Å². The molecular formula is C30H32N4O4. The maximum Gasteiger partial charge on any atom is 0.337 e. The van der Waals surface area contributed by atoms with Gasteiger partial charge in [0.05, 0.1) is 29.6 Å². The van der Waals surface area contributed by atoms with Gasteiger partial charge in [0.15, 0.2) is 5.88 Å². The zero-order valence-electron chi connectivity index (χ0n) is 22.1. The van der Waals surface area contributed by atoms with Gasteiger partial charge in [0.2, 0.25) is 0 Å². The van der Waals surface area contributed by atoms with Crippen LogP contribution in [0.25, 0.3) is 10.9 Å². The molecule has 0 unspecified atom stereocenters. The molecule has 1 heterocycles. The van der Waals surface area contributed by atoms with Crippen molar-refractivity contribution in [2.45, 2.75) is 6.42 Å². The van der Waals surface area contributed by atoms with Crippen molar-refractivity contribution in [3.05, 3.63) is 95.1 Å². The van der Waals surface area contributed by atoms with E-state index in [0.29, 0.717) is 45.5 Å². The molecule has 38 heavy (non-hydrogen) atoms. The van der Waals surface area contributed by atoms with Crippen LogP contribution in [-0.2, 0) is 4.74 Å². The van der Waals surface area contributed by atoms with Crippen LogP contribution in [0.4, 0.5) is 5.69 Å². The fourth-order valence-electron chi connectivity index (χ4n) is 4.31. The van der Waals surface area contributed by atoms with Crippen LogP contribution in [0.5, 0.6) is 5.88 Å². The molecular weight excluding hydrogens is 480 g/mol. The molecule has 0 bridgehead atoms. The second-order valence-corrected chi connectivity index (χ2v) is 9.36. The van der Waals surface area contributed by atoms with Crippen LogP contribution in [-0.4, -0.2) is 78.8 Å². The summed E-state index contributed by atoms with van der Waals surface area (Å²) < 4.78 is 4.83. The van der Waals surface area contributed by atoms with E-state index in [1.54, 1.807) is 48.3 Å². The van der Waals surface area contributed by atoms with Crippen LogP contribution in [0.1, 0.15) is 38.3 Å². The Morgan fingerprint density at radius 3 is 2.34 bits per heavy atom. The second kappa shape index (κ2) is 11.7. The summed E-state index contributed by atoms with van der Waals surface area (Å²) in [5.74, 6) is -0.613. The third kappa shape index (κ3) is 5.92. The lowest BCUT2D eigenvalue weighted by atomic mass is 10.00. The highest BCUT2D eigenvalue weighted by atomic mass is 16.5. The summed E-state index contributed by atoms with van der Waals surface area (Å²) in [6.07, 6.45) is 0.878. The Bertz CT molecular complexity index is 1470. The number of methoxy groups -OCH3 is 1. The molecule has 1 amide bonds. The molecule has 4 rings (SSSR count). The Labute approximate surface area is 222 Å². The maximum absolute atomic E-state index is 13.1. The van der Waals surface area contributed by atoms with Gasteiger partial charge in [-0.05, 0) is 57.4 Å². The van der Waals surface area contributed by atoms with Crippen molar-refractivity contribution >= 4 is 34.2 Å². The lowest BCUT2D eigenvalue weighted by Crippen LogP contribution is -2.29. The van der Waals surface area contributed by atoms with Crippen molar-refractivity contribution in [2.24, 2.45) is 4.99 Å². The fraction of sp³-hybridized carbons (Fsp3) is 0.233. The molecule has 0 saturated heterocycles. The Balaban J connectivity index is 1.75. The lowest BCUT2D eigenvalue weighted by Gasteiger charge is -2.18. The van der Waals surface area contributed by atoms with E-state index in [1.807, 2.05) is 50.5 Å². The minimum atomic E-state index is -0.465. The molecule has 2 N–H and O–H groups in total. The summed E-state index contributed by atoms with van der Waals surface area (Å²) in [6.45, 7) is 1.55. The summed E-state index contributed by atoms with van der Waals surface area (Å²) in [5.41, 5.74) is 3.88. The molecule has 8 heteroatoms. The summed E-state index contributed by atoms with van der Waals surface area (Å²) >= 11 is 0. The maximum atomic E-state index is 13.1. The van der Waals surface area contributed by atoms with E-state index in [1.165, 1.54) is 7.11 Å². The molecule has 1 aromatic heterocycles. The van der Waals surface area contributed by atoms with Crippen LogP contribution in [0.15, 0.2) is 77.8 Å². The number of benzene rings is 3. The van der Waals surface area contributed by atoms with Gasteiger partial charge in [-0.1, -0.05) is 42.5 Å². The molecule has 0 radical (unpaired) electrons. The zero-order chi connectivity index (χ0) is 27.2. The van der Waals surface area contributed by atoms with E-state index < -0.39 is 5.97 Å². The number of amides is 1. The molecule has 0 spiro atoms. The first-order valence-electron chi connectivity index (χ1n) is 12.4. The van der Waals surface area contributed by atoms with E-state index in [-0.39, 0.29) is 11.8 Å². The average molecular weight is 513 g/mol. The number of aromatic nitrogens is 1. The number of rotatable bonds is 9. The third-order valence-electron chi connectivity index (χ3n) is 6.26. The standard InChI is InChI=1S/C30H32N4O4/c1-33(2)16-9-17-34(3)29(36)21-12-8-13-23(18-21)31-27(20-10-6-5-7-11-20)26-24-15-14-22(30(37)38-4)19-25(24)32-28(26)35/h5-8,10-15,18-19,32,35H,9,16-17H2,1-4H3. The van der Waals surface area contributed by atoms with E-state index in [2.05, 4.69) is 9.88 Å². The predicted octanol–water partition coefficient (Wildman–Crippen LogP) is 4.85. The molecule has 0 atom stereocenters. The fourth-order valence-corrected chi connectivity index (χ4v) is 4.31. The summed E-state index contributed by atoms with van der Waals surface area (Å²) in [7, 11) is 7.15. The van der Waals surface area contributed by atoms with Crippen molar-refractivity contribution in [1.29, 1.82) is 0 Å². The number of nitrogens with one attached hydrogen (secondary N) is 1. The lowest BCUT2D eigenvalue weighted by molar-refractivity contribution is 0.0600. The van der Waals surface area contributed by atoms with Crippen molar-refractivity contribution in [3.8, 4) is 5.88 Å². The van der Waals surface area contributed by atoms with Gasteiger partial charge >= 0.3 is 5.97 Å². The highest BCUT2D eigenvalue weighted by Crippen LogP contribution is 2.32. The number of H-pyrrole nitrogens is 1. The van der Waals surface area contributed by atoms with Crippen LogP contribution in [0.2, 0.25) is 0 Å². The number of aromatic amines is 1. The number of ether oxygens (including phenoxy) is 1. The van der Waals surface area contributed by atoms with E-state index in [0.717, 1.165) is 18.5 Å². The van der Waals surface area contributed by atoms with Gasteiger partial charge in [0, 0.05) is 35.6 Å². The highest BCUT2D eigenvalue weighted by molar-refractivity contribution is 6.22. The van der Waals surface area contributed by atoms with Crippen molar-refractivity contribution in [1.82, 2.24) is 14.8 Å². The molecule has 0 aliphatic heterocycles. The first kappa shape index (κ1) is 26.6. The number of hydrogen-bond acceptors (Lipinski definition) is 6. The Morgan fingerprint density at radius 2 is 1.63 bits per heavy atom. The van der Waals surface area contributed by atoms with Gasteiger partial charge in [-0.3, -0.25) is 4.79 Å². The quantitative estimate of drug-likeness (QED) is 0.247. The topological polar surface area (TPSA) is 98.2 Å². The molecule has 0 aliphatic carbocycles. The van der Waals surface area contributed by atoms with E-state index in [9.17, 15) is 14.7 Å². The smallest absolute Gasteiger partial charge is 0.337 e. The van der Waals surface area contributed by atoms with Gasteiger partial charge in [-0.2, -0.15) is 0 Å². The van der Waals surface area contributed by atoms with Gasteiger partial charge in [0.1, 0.15) is 0 Å². The molecule has 0 fully saturated rings. The molecule has 4 aromatic rings. The first-order valence-corrected chi connectivity index (χ1v) is 12.4. The summed E-state index contributed by atoms with van der Waals surface area (Å²) in [5, 5.41) is 11.7. The van der Waals surface area contributed by atoms with E-state index in [4.69, 9.17) is 9.73 Å². The Kier molecular flexibility index (Phi) is 8.23. The minimum Gasteiger partial charge on any atom is -0.494 e. The zero-order valence-corrected chi connectivity index (χ0v) is 22.1. The number of carbonyl (C=O) groups excluding carboxylic acids is 2. The van der Waals surface area contributed by atoms with Crippen molar-refractivity contribution < 1.29 is 19.4 Å². The molecule has 3 aromatic carbocycles. The SMILES string of the molecule is COC(=O)c1ccc2c(C(=Nc3cccc(C(=O)N(C)CCCN(C)C)c3)c3ccccc3)c(O)[nH]c2c1. The van der Waals surface area contributed by atoms with Gasteiger partial charge < -0.3 is 24.6 Å². The van der Waals surface area contributed by atoms with Crippen LogP contribution >= 0.6 is 0 Å². The van der Waals surface area contributed by atoms with Crippen molar-refractivity contribution in [2.75, 3.05) is 41.3 Å². The monoisotopic (exact) mass is 512 g/mol. The summed E-state index contributed by atoms with van der Waals surface area (Å²) in [6, 6.07) is 21.7. The van der Waals surface area contributed by atoms with E-state index >= 15 is 0 Å². The normalized spacial score (nSPS) is 11.7. The first-order chi connectivity index (χ1) is 18.3. The molecule has 0 aliphatic rings. The molecule has 8 nitrogen and oxygen atoms in total.